The summed E-state index contributed by atoms with van der Waals surface area (Å²) in [4.78, 5) is 10.6. The largest absolute Gasteiger partial charge is 0.392 e. The molecule has 3 rings (SSSR count). The van der Waals surface area contributed by atoms with Crippen molar-refractivity contribution in [2.45, 2.75) is 24.1 Å². The van der Waals surface area contributed by atoms with Gasteiger partial charge in [-0.05, 0) is 0 Å². The van der Waals surface area contributed by atoms with Gasteiger partial charge in [-0.25, -0.2) is 9.37 Å². The van der Waals surface area contributed by atoms with E-state index in [1.54, 1.807) is 6.07 Å². The summed E-state index contributed by atoms with van der Waals surface area (Å²) in [7, 11) is 0. The van der Waals surface area contributed by atoms with Crippen LogP contribution in [0.5, 0.6) is 0 Å². The number of fused-ring (bicyclic) bond motifs is 1. The minimum Gasteiger partial charge on any atom is -0.392 e. The van der Waals surface area contributed by atoms with E-state index in [9.17, 15) is 19.0 Å². The normalized spacial score (nSPS) is 31.5. The first kappa shape index (κ1) is 14.5. The van der Waals surface area contributed by atoms with Gasteiger partial charge in [0.05, 0.1) is 12.9 Å². The lowest BCUT2D eigenvalue weighted by atomic mass is 9.99. The number of nitrogens with zero attached hydrogens (tertiary/aromatic N) is 5. The predicted octanol–water partition coefficient (Wildman–Crippen LogP) is -0.970. The van der Waals surface area contributed by atoms with Crippen molar-refractivity contribution in [2.24, 2.45) is 0 Å². The van der Waals surface area contributed by atoms with Gasteiger partial charge >= 0.3 is 6.08 Å². The summed E-state index contributed by atoms with van der Waals surface area (Å²) >= 11 is 0. The number of hydrogen-bond acceptors (Lipinski definition) is 8. The molecule has 0 amide bonds. The maximum atomic E-state index is 14.3. The number of aliphatic hydroxyl groups excluding tert-OH is 2. The summed E-state index contributed by atoms with van der Waals surface area (Å²) in [5.74, 6) is -0.246. The van der Waals surface area contributed by atoms with Gasteiger partial charge in [-0.3, -0.25) is 4.57 Å². The maximum Gasteiger partial charge on any atom is 0.312 e. The second kappa shape index (κ2) is 4.80. The molecule has 4 unspecified atom stereocenters. The molecule has 0 saturated carbocycles. The summed E-state index contributed by atoms with van der Waals surface area (Å²) in [6.07, 6.45) is -5.56. The SMILES string of the molecule is N#CC1(CO)OC(n2cnc3c(N)nc(F)nc32)C(F)C1O. The predicted molar refractivity (Wildman–Crippen MR) is 66.1 cm³/mol. The van der Waals surface area contributed by atoms with Gasteiger partial charge in [0.1, 0.15) is 12.2 Å². The van der Waals surface area contributed by atoms with Crippen LogP contribution >= 0.6 is 0 Å². The fraction of sp³-hybridized carbons (Fsp3) is 0.455. The highest BCUT2D eigenvalue weighted by Gasteiger charge is 2.56. The summed E-state index contributed by atoms with van der Waals surface area (Å²) in [5, 5.41) is 28.1. The quantitative estimate of drug-likeness (QED) is 0.601. The third-order valence-corrected chi connectivity index (χ3v) is 3.50. The first-order valence-electron chi connectivity index (χ1n) is 6.11. The lowest BCUT2D eigenvalue weighted by Crippen LogP contribution is -2.44. The van der Waals surface area contributed by atoms with E-state index in [0.29, 0.717) is 0 Å². The maximum absolute atomic E-state index is 14.3. The van der Waals surface area contributed by atoms with Gasteiger partial charge in [0.25, 0.3) is 0 Å². The number of ether oxygens (including phenoxy) is 1. The van der Waals surface area contributed by atoms with Crippen LogP contribution in [0.1, 0.15) is 6.23 Å². The molecule has 11 heteroatoms. The molecule has 0 aliphatic carbocycles. The zero-order valence-corrected chi connectivity index (χ0v) is 10.9. The van der Waals surface area contributed by atoms with E-state index >= 15 is 0 Å². The number of alkyl halides is 1. The van der Waals surface area contributed by atoms with E-state index in [-0.39, 0.29) is 17.0 Å². The topological polar surface area (TPSA) is 143 Å². The molecule has 2 aromatic rings. The monoisotopic (exact) mass is 312 g/mol. The minimum absolute atomic E-state index is 0.0187. The molecule has 1 fully saturated rings. The Labute approximate surface area is 121 Å². The van der Waals surface area contributed by atoms with Crippen molar-refractivity contribution in [3.05, 3.63) is 12.4 Å². The van der Waals surface area contributed by atoms with Crippen molar-refractivity contribution in [3.8, 4) is 6.07 Å². The zero-order valence-electron chi connectivity index (χ0n) is 10.9. The number of aromatic nitrogens is 4. The summed E-state index contributed by atoms with van der Waals surface area (Å²) in [5.41, 5.74) is 3.23. The number of halogens is 2. The fourth-order valence-corrected chi connectivity index (χ4v) is 2.33. The highest BCUT2D eigenvalue weighted by atomic mass is 19.1. The molecule has 0 aromatic carbocycles. The van der Waals surface area contributed by atoms with Gasteiger partial charge in [-0.15, -0.1) is 0 Å². The van der Waals surface area contributed by atoms with Crippen molar-refractivity contribution in [1.29, 1.82) is 5.26 Å². The number of aliphatic hydroxyl groups is 2. The number of rotatable bonds is 2. The van der Waals surface area contributed by atoms with E-state index in [2.05, 4.69) is 15.0 Å². The fourth-order valence-electron chi connectivity index (χ4n) is 2.33. The third kappa shape index (κ3) is 1.82. The van der Waals surface area contributed by atoms with Crippen LogP contribution in [0, 0.1) is 17.4 Å². The van der Waals surface area contributed by atoms with E-state index in [1.807, 2.05) is 0 Å². The van der Waals surface area contributed by atoms with Crippen LogP contribution in [0.25, 0.3) is 11.2 Å². The van der Waals surface area contributed by atoms with Crippen molar-refractivity contribution in [3.63, 3.8) is 0 Å². The first-order valence-corrected chi connectivity index (χ1v) is 6.11. The van der Waals surface area contributed by atoms with Crippen LogP contribution in [-0.4, -0.2) is 54.2 Å². The molecule has 2 aromatic heterocycles. The highest BCUT2D eigenvalue weighted by molar-refractivity contribution is 5.81. The molecule has 3 heterocycles. The van der Waals surface area contributed by atoms with Gasteiger partial charge in [-0.2, -0.15) is 19.6 Å². The molecule has 1 aliphatic heterocycles. The first-order chi connectivity index (χ1) is 10.4. The molecule has 1 saturated heterocycles. The Morgan fingerprint density at radius 2 is 2.27 bits per heavy atom. The molecule has 9 nitrogen and oxygen atoms in total. The lowest BCUT2D eigenvalue weighted by Gasteiger charge is -2.20. The molecule has 0 spiro atoms. The summed E-state index contributed by atoms with van der Waals surface area (Å²) in [6.45, 7) is -0.917. The third-order valence-electron chi connectivity index (χ3n) is 3.50. The number of hydrogen-bond donors (Lipinski definition) is 3. The standard InChI is InChI=1S/C11H10F2N6O3/c12-4-6(21)11(1-14,2-20)22-9(4)19-3-16-5-7(15)17-10(13)18-8(5)19/h3-4,6,9,20-21H,2H2,(H2,15,17,18). The second-order valence-electron chi connectivity index (χ2n) is 4.76. The van der Waals surface area contributed by atoms with E-state index in [4.69, 9.17) is 15.7 Å². The van der Waals surface area contributed by atoms with Crippen LogP contribution in [0.3, 0.4) is 0 Å². The Morgan fingerprint density at radius 3 is 2.86 bits per heavy atom. The van der Waals surface area contributed by atoms with Gasteiger partial charge < -0.3 is 20.7 Å². The van der Waals surface area contributed by atoms with Crippen LogP contribution in [-0.2, 0) is 4.74 Å². The number of anilines is 1. The molecule has 4 atom stereocenters. The Bertz CT molecular complexity index is 777. The van der Waals surface area contributed by atoms with Crippen LogP contribution in [0.4, 0.5) is 14.6 Å². The lowest BCUT2D eigenvalue weighted by molar-refractivity contribution is -0.0912. The zero-order chi connectivity index (χ0) is 16.1. The number of imidazole rings is 1. The van der Waals surface area contributed by atoms with Gasteiger partial charge in [-0.1, -0.05) is 0 Å². The van der Waals surface area contributed by atoms with Crippen molar-refractivity contribution in [2.75, 3.05) is 12.3 Å². The van der Waals surface area contributed by atoms with E-state index < -0.39 is 36.8 Å². The van der Waals surface area contributed by atoms with Crippen molar-refractivity contribution >= 4 is 17.0 Å². The van der Waals surface area contributed by atoms with Crippen molar-refractivity contribution < 1.29 is 23.7 Å². The Balaban J connectivity index is 2.11. The molecule has 1 aliphatic rings. The number of nitriles is 1. The second-order valence-corrected chi connectivity index (χ2v) is 4.76. The number of nitrogen functional groups attached to an aromatic ring is 1. The Hall–Kier alpha value is -2.42. The van der Waals surface area contributed by atoms with Gasteiger partial charge in [0.15, 0.2) is 29.4 Å². The summed E-state index contributed by atoms with van der Waals surface area (Å²) in [6, 6.07) is 1.54. The molecular weight excluding hydrogens is 302 g/mol. The molecule has 22 heavy (non-hydrogen) atoms. The molecule has 0 radical (unpaired) electrons. The number of nitrogens with two attached hydrogens (primary N) is 1. The van der Waals surface area contributed by atoms with Gasteiger partial charge in [0.2, 0.25) is 5.60 Å². The van der Waals surface area contributed by atoms with Crippen molar-refractivity contribution in [1.82, 2.24) is 19.5 Å². The average molecular weight is 312 g/mol. The average Bonchev–Trinajstić information content (AvgIpc) is 3.01. The van der Waals surface area contributed by atoms with Gasteiger partial charge in [0, 0.05) is 0 Å². The molecular formula is C11H10F2N6O3. The van der Waals surface area contributed by atoms with Crippen LogP contribution in [0.15, 0.2) is 6.33 Å². The molecule has 0 bridgehead atoms. The molecule has 4 N–H and O–H groups in total. The Kier molecular flexibility index (Phi) is 3.17. The van der Waals surface area contributed by atoms with Crippen LogP contribution in [0.2, 0.25) is 0 Å². The van der Waals surface area contributed by atoms with E-state index in [1.165, 1.54) is 0 Å². The molecule has 116 valence electrons. The smallest absolute Gasteiger partial charge is 0.312 e. The highest BCUT2D eigenvalue weighted by Crippen LogP contribution is 2.39. The van der Waals surface area contributed by atoms with E-state index in [0.717, 1.165) is 10.9 Å². The summed E-state index contributed by atoms with van der Waals surface area (Å²) < 4.78 is 33.7. The Morgan fingerprint density at radius 1 is 1.55 bits per heavy atom. The van der Waals surface area contributed by atoms with Crippen LogP contribution < -0.4 is 5.73 Å². The minimum atomic E-state index is -2.13.